The van der Waals surface area contributed by atoms with Crippen molar-refractivity contribution >= 4 is 33.2 Å². The van der Waals surface area contributed by atoms with Crippen LogP contribution in [0.2, 0.25) is 5.22 Å². The SMILES string of the molecule is O=C(Nc1ccc(S(=O)(=O)N2CCCCC2)cc1)c1ccc(Cl)o1. The lowest BCUT2D eigenvalue weighted by atomic mass is 10.2. The van der Waals surface area contributed by atoms with Gasteiger partial charge in [-0.25, -0.2) is 8.42 Å². The highest BCUT2D eigenvalue weighted by Gasteiger charge is 2.25. The first-order chi connectivity index (χ1) is 11.5. The number of hydrogen-bond acceptors (Lipinski definition) is 4. The summed E-state index contributed by atoms with van der Waals surface area (Å²) in [6.45, 7) is 1.11. The van der Waals surface area contributed by atoms with E-state index in [-0.39, 0.29) is 15.9 Å². The molecule has 0 bridgehead atoms. The Hall–Kier alpha value is -1.83. The summed E-state index contributed by atoms with van der Waals surface area (Å²) >= 11 is 5.63. The zero-order valence-corrected chi connectivity index (χ0v) is 14.4. The van der Waals surface area contributed by atoms with Crippen molar-refractivity contribution in [1.29, 1.82) is 0 Å². The van der Waals surface area contributed by atoms with E-state index in [1.54, 1.807) is 12.1 Å². The molecule has 1 saturated heterocycles. The molecule has 1 aromatic heterocycles. The van der Waals surface area contributed by atoms with Gasteiger partial charge in [0.15, 0.2) is 11.0 Å². The number of piperidine rings is 1. The standard InChI is InChI=1S/C16H17ClN2O4S/c17-15-9-8-14(23-15)16(20)18-12-4-6-13(7-5-12)24(21,22)19-10-2-1-3-11-19/h4-9H,1-3,10-11H2,(H,18,20). The molecule has 0 atom stereocenters. The minimum atomic E-state index is -3.47. The average molecular weight is 369 g/mol. The number of hydrogen-bond donors (Lipinski definition) is 1. The summed E-state index contributed by atoms with van der Waals surface area (Å²) in [5, 5.41) is 2.76. The van der Waals surface area contributed by atoms with Crippen LogP contribution in [0.1, 0.15) is 29.8 Å². The molecule has 8 heteroatoms. The fourth-order valence-corrected chi connectivity index (χ4v) is 4.26. The molecule has 0 unspecified atom stereocenters. The normalized spacial score (nSPS) is 16.0. The van der Waals surface area contributed by atoms with Gasteiger partial charge in [-0.2, -0.15) is 4.31 Å². The van der Waals surface area contributed by atoms with E-state index in [1.165, 1.54) is 28.6 Å². The Balaban J connectivity index is 1.72. The summed E-state index contributed by atoms with van der Waals surface area (Å²) in [7, 11) is -3.47. The number of sulfonamides is 1. The number of halogens is 1. The minimum absolute atomic E-state index is 0.0880. The molecule has 3 rings (SSSR count). The third-order valence-electron chi connectivity index (χ3n) is 3.86. The quantitative estimate of drug-likeness (QED) is 0.897. The maximum Gasteiger partial charge on any atom is 0.291 e. The van der Waals surface area contributed by atoms with Gasteiger partial charge in [0, 0.05) is 18.8 Å². The van der Waals surface area contributed by atoms with Gasteiger partial charge in [0.05, 0.1) is 4.90 Å². The molecule has 0 aliphatic carbocycles. The second-order valence-electron chi connectivity index (χ2n) is 5.55. The van der Waals surface area contributed by atoms with Crippen LogP contribution >= 0.6 is 11.6 Å². The number of carbonyl (C=O) groups is 1. The van der Waals surface area contributed by atoms with Gasteiger partial charge in [0.25, 0.3) is 5.91 Å². The molecule has 1 amide bonds. The van der Waals surface area contributed by atoms with Crippen molar-refractivity contribution in [3.8, 4) is 0 Å². The van der Waals surface area contributed by atoms with E-state index >= 15 is 0 Å². The maximum absolute atomic E-state index is 12.6. The number of carbonyl (C=O) groups excluding carboxylic acids is 1. The molecule has 0 radical (unpaired) electrons. The van der Waals surface area contributed by atoms with Crippen LogP contribution in [-0.2, 0) is 10.0 Å². The highest BCUT2D eigenvalue weighted by atomic mass is 35.5. The van der Waals surface area contributed by atoms with E-state index < -0.39 is 15.9 Å². The molecule has 1 aromatic carbocycles. The molecular formula is C16H17ClN2O4S. The molecule has 2 aromatic rings. The molecule has 1 fully saturated rings. The van der Waals surface area contributed by atoms with Crippen molar-refractivity contribution in [2.75, 3.05) is 18.4 Å². The Labute approximate surface area is 145 Å². The van der Waals surface area contributed by atoms with Crippen molar-refractivity contribution in [2.45, 2.75) is 24.2 Å². The maximum atomic E-state index is 12.6. The van der Waals surface area contributed by atoms with E-state index in [0.717, 1.165) is 19.3 Å². The fraction of sp³-hybridized carbons (Fsp3) is 0.312. The van der Waals surface area contributed by atoms with Crippen molar-refractivity contribution in [3.05, 3.63) is 47.4 Å². The molecule has 1 aliphatic heterocycles. The van der Waals surface area contributed by atoms with Crippen LogP contribution in [0.5, 0.6) is 0 Å². The molecule has 24 heavy (non-hydrogen) atoms. The highest BCUT2D eigenvalue weighted by molar-refractivity contribution is 7.89. The summed E-state index contributed by atoms with van der Waals surface area (Å²) in [6.07, 6.45) is 2.84. The van der Waals surface area contributed by atoms with Gasteiger partial charge in [-0.3, -0.25) is 4.79 Å². The van der Waals surface area contributed by atoms with Gasteiger partial charge in [-0.15, -0.1) is 0 Å². The first-order valence-electron chi connectivity index (χ1n) is 7.64. The van der Waals surface area contributed by atoms with Crippen LogP contribution < -0.4 is 5.32 Å². The molecule has 1 N–H and O–H groups in total. The fourth-order valence-electron chi connectivity index (χ4n) is 2.59. The lowest BCUT2D eigenvalue weighted by molar-refractivity contribution is 0.0997. The number of nitrogens with one attached hydrogen (secondary N) is 1. The van der Waals surface area contributed by atoms with Gasteiger partial charge in [-0.1, -0.05) is 6.42 Å². The Morgan fingerprint density at radius 1 is 1.04 bits per heavy atom. The third-order valence-corrected chi connectivity index (χ3v) is 5.98. The molecule has 6 nitrogen and oxygen atoms in total. The minimum Gasteiger partial charge on any atom is -0.440 e. The van der Waals surface area contributed by atoms with Crippen molar-refractivity contribution in [1.82, 2.24) is 4.31 Å². The van der Waals surface area contributed by atoms with Gasteiger partial charge in [0.1, 0.15) is 0 Å². The van der Waals surface area contributed by atoms with Gasteiger partial charge < -0.3 is 9.73 Å². The van der Waals surface area contributed by atoms with E-state index in [4.69, 9.17) is 16.0 Å². The molecule has 0 spiro atoms. The summed E-state index contributed by atoms with van der Waals surface area (Å²) < 4.78 is 31.6. The van der Waals surface area contributed by atoms with Crippen LogP contribution in [0.15, 0.2) is 45.7 Å². The number of nitrogens with zero attached hydrogens (tertiary/aromatic N) is 1. The predicted molar refractivity (Wildman–Crippen MR) is 90.7 cm³/mol. The largest absolute Gasteiger partial charge is 0.440 e. The van der Waals surface area contributed by atoms with E-state index in [1.807, 2.05) is 0 Å². The lowest BCUT2D eigenvalue weighted by Crippen LogP contribution is -2.35. The van der Waals surface area contributed by atoms with Crippen molar-refractivity contribution < 1.29 is 17.6 Å². The first kappa shape index (κ1) is 17.0. The number of anilines is 1. The van der Waals surface area contributed by atoms with E-state index in [9.17, 15) is 13.2 Å². The topological polar surface area (TPSA) is 79.6 Å². The zero-order chi connectivity index (χ0) is 17.2. The summed E-state index contributed by atoms with van der Waals surface area (Å²) in [6, 6.07) is 9.04. The predicted octanol–water partition coefficient (Wildman–Crippen LogP) is 3.36. The Bertz CT molecular complexity index is 824. The van der Waals surface area contributed by atoms with Crippen LogP contribution in [0.4, 0.5) is 5.69 Å². The second-order valence-corrected chi connectivity index (χ2v) is 7.86. The Morgan fingerprint density at radius 2 is 1.71 bits per heavy atom. The second kappa shape index (κ2) is 6.96. The zero-order valence-electron chi connectivity index (χ0n) is 12.9. The van der Waals surface area contributed by atoms with Gasteiger partial charge in [-0.05, 0) is 60.8 Å². The Kier molecular flexibility index (Phi) is 4.93. The van der Waals surface area contributed by atoms with Crippen LogP contribution in [0, 0.1) is 0 Å². The van der Waals surface area contributed by atoms with E-state index in [0.29, 0.717) is 18.8 Å². The first-order valence-corrected chi connectivity index (χ1v) is 9.45. The lowest BCUT2D eigenvalue weighted by Gasteiger charge is -2.25. The molecule has 128 valence electrons. The molecular weight excluding hydrogens is 352 g/mol. The summed E-state index contributed by atoms with van der Waals surface area (Å²) in [5.41, 5.74) is 0.477. The molecule has 2 heterocycles. The van der Waals surface area contributed by atoms with Crippen LogP contribution in [-0.4, -0.2) is 31.7 Å². The molecule has 1 aliphatic rings. The van der Waals surface area contributed by atoms with Crippen molar-refractivity contribution in [2.24, 2.45) is 0 Å². The number of furan rings is 1. The summed E-state index contributed by atoms with van der Waals surface area (Å²) in [5.74, 6) is -0.362. The number of benzene rings is 1. The monoisotopic (exact) mass is 368 g/mol. The summed E-state index contributed by atoms with van der Waals surface area (Å²) in [4.78, 5) is 12.2. The van der Waals surface area contributed by atoms with Gasteiger partial charge in [0.2, 0.25) is 10.0 Å². The van der Waals surface area contributed by atoms with Crippen molar-refractivity contribution in [3.63, 3.8) is 0 Å². The number of amides is 1. The highest BCUT2D eigenvalue weighted by Crippen LogP contribution is 2.22. The van der Waals surface area contributed by atoms with Crippen LogP contribution in [0.25, 0.3) is 0 Å². The third kappa shape index (κ3) is 3.63. The number of rotatable bonds is 4. The smallest absolute Gasteiger partial charge is 0.291 e. The van der Waals surface area contributed by atoms with Gasteiger partial charge >= 0.3 is 0 Å². The van der Waals surface area contributed by atoms with E-state index in [2.05, 4.69) is 5.32 Å². The average Bonchev–Trinajstić information content (AvgIpc) is 3.03. The Morgan fingerprint density at radius 3 is 2.29 bits per heavy atom. The van der Waals surface area contributed by atoms with Crippen LogP contribution in [0.3, 0.4) is 0 Å². The molecule has 0 saturated carbocycles.